The van der Waals surface area contributed by atoms with Crippen molar-refractivity contribution in [3.05, 3.63) is 106 Å². The highest BCUT2D eigenvalue weighted by Crippen LogP contribution is 2.54. The third-order valence-electron chi connectivity index (χ3n) is 6.89. The first-order chi connectivity index (χ1) is 17.5. The summed E-state index contributed by atoms with van der Waals surface area (Å²) in [5.74, 6) is -0.343. The molecular formula is C27H22N4O5. The third-order valence-corrected chi connectivity index (χ3v) is 6.89. The van der Waals surface area contributed by atoms with Crippen LogP contribution in [0.5, 0.6) is 0 Å². The minimum atomic E-state index is -0.909. The second-order valence-corrected chi connectivity index (χ2v) is 8.59. The number of para-hydroxylation sites is 1. The Hall–Kier alpha value is -4.79. The molecule has 4 heterocycles. The summed E-state index contributed by atoms with van der Waals surface area (Å²) in [6.45, 7) is 0.146. The molecule has 0 bridgehead atoms. The van der Waals surface area contributed by atoms with Crippen LogP contribution in [0.4, 0.5) is 5.69 Å². The summed E-state index contributed by atoms with van der Waals surface area (Å²) in [4.78, 5) is 56.8. The van der Waals surface area contributed by atoms with E-state index in [4.69, 9.17) is 9.90 Å². The third kappa shape index (κ3) is 3.44. The standard InChI is InChI=1S/C26H20N4O3.CH2O2/c31-23-18-8-2-1-7-17(18)19(15-28-23)24(32)30-13-11-26(22(30)16-6-5-12-27-14-16)20-9-3-4-10-21(20)29-25(26)33;2-1-3/h1-10,12,14-15,22H,11,13H2,(H,28,31)(H,29,33);1H,(H,2,3). The number of H-pyrrole nitrogens is 1. The van der Waals surface area contributed by atoms with Crippen LogP contribution in [0.1, 0.15) is 33.9 Å². The number of benzene rings is 2. The Morgan fingerprint density at radius 1 is 1.06 bits per heavy atom. The summed E-state index contributed by atoms with van der Waals surface area (Å²) in [6.07, 6.45) is 5.36. The van der Waals surface area contributed by atoms with Gasteiger partial charge in [-0.3, -0.25) is 24.2 Å². The van der Waals surface area contributed by atoms with Gasteiger partial charge < -0.3 is 20.3 Å². The van der Waals surface area contributed by atoms with Gasteiger partial charge in [0.15, 0.2) is 0 Å². The molecule has 9 nitrogen and oxygen atoms in total. The summed E-state index contributed by atoms with van der Waals surface area (Å²) >= 11 is 0. The molecule has 9 heteroatoms. The van der Waals surface area contributed by atoms with Crippen LogP contribution in [-0.2, 0) is 15.0 Å². The first-order valence-electron chi connectivity index (χ1n) is 11.3. The van der Waals surface area contributed by atoms with E-state index in [0.29, 0.717) is 29.3 Å². The second kappa shape index (κ2) is 9.10. The van der Waals surface area contributed by atoms with Crippen molar-refractivity contribution in [1.82, 2.24) is 14.9 Å². The lowest BCUT2D eigenvalue weighted by Gasteiger charge is -2.34. The fourth-order valence-electron chi connectivity index (χ4n) is 5.45. The van der Waals surface area contributed by atoms with E-state index in [1.54, 1.807) is 35.5 Å². The Morgan fingerprint density at radius 2 is 1.78 bits per heavy atom. The van der Waals surface area contributed by atoms with Gasteiger partial charge in [-0.05, 0) is 35.7 Å². The van der Waals surface area contributed by atoms with Crippen LogP contribution in [-0.4, -0.2) is 44.8 Å². The number of pyridine rings is 2. The van der Waals surface area contributed by atoms with E-state index in [0.717, 1.165) is 16.8 Å². The molecule has 1 fully saturated rings. The molecule has 1 saturated heterocycles. The van der Waals surface area contributed by atoms with Crippen molar-refractivity contribution in [2.24, 2.45) is 0 Å². The maximum absolute atomic E-state index is 14.0. The van der Waals surface area contributed by atoms with Gasteiger partial charge in [-0.1, -0.05) is 42.5 Å². The maximum atomic E-state index is 14.0. The molecule has 1 spiro atoms. The zero-order chi connectivity index (χ0) is 25.3. The minimum Gasteiger partial charge on any atom is -0.483 e. The highest BCUT2D eigenvalue weighted by molar-refractivity contribution is 6.10. The number of amides is 2. The number of likely N-dealkylation sites (tertiary alicyclic amines) is 1. The zero-order valence-electron chi connectivity index (χ0n) is 19.0. The van der Waals surface area contributed by atoms with Crippen LogP contribution in [0, 0.1) is 0 Å². The van der Waals surface area contributed by atoms with Gasteiger partial charge in [-0.15, -0.1) is 0 Å². The SMILES string of the molecule is O=C(c1c[nH]c(=O)c2ccccc12)N1CCC2(C(=O)Nc3ccccc32)C1c1cccnc1.O=CO. The fraction of sp³-hybridized carbons (Fsp3) is 0.148. The van der Waals surface area contributed by atoms with E-state index < -0.39 is 11.5 Å². The van der Waals surface area contributed by atoms with Crippen LogP contribution in [0.25, 0.3) is 10.8 Å². The number of carboxylic acid groups (broad SMARTS) is 1. The highest BCUT2D eigenvalue weighted by Gasteiger charge is 2.59. The molecule has 36 heavy (non-hydrogen) atoms. The van der Waals surface area contributed by atoms with Crippen molar-refractivity contribution in [1.29, 1.82) is 0 Å². The highest BCUT2D eigenvalue weighted by atomic mass is 16.3. The average molecular weight is 482 g/mol. The molecule has 3 N–H and O–H groups in total. The van der Waals surface area contributed by atoms with Crippen molar-refractivity contribution in [3.63, 3.8) is 0 Å². The molecule has 180 valence electrons. The molecule has 2 amide bonds. The zero-order valence-corrected chi connectivity index (χ0v) is 19.0. The smallest absolute Gasteiger partial charge is 0.290 e. The van der Waals surface area contributed by atoms with Gasteiger partial charge in [0.2, 0.25) is 5.91 Å². The first-order valence-corrected chi connectivity index (χ1v) is 11.3. The summed E-state index contributed by atoms with van der Waals surface area (Å²) in [6, 6.07) is 17.9. The van der Waals surface area contributed by atoms with E-state index in [1.165, 1.54) is 6.20 Å². The summed E-state index contributed by atoms with van der Waals surface area (Å²) in [5.41, 5.74) is 1.72. The normalized spacial score (nSPS) is 19.9. The number of carbonyl (C=O) groups is 3. The van der Waals surface area contributed by atoms with Crippen molar-refractivity contribution < 1.29 is 19.5 Å². The predicted octanol–water partition coefficient (Wildman–Crippen LogP) is 3.10. The number of aromatic amines is 1. The number of anilines is 1. The lowest BCUT2D eigenvalue weighted by molar-refractivity contribution is -0.123. The van der Waals surface area contributed by atoms with E-state index in [2.05, 4.69) is 15.3 Å². The lowest BCUT2D eigenvalue weighted by Crippen LogP contribution is -2.42. The van der Waals surface area contributed by atoms with E-state index in [-0.39, 0.29) is 23.8 Å². The molecule has 0 saturated carbocycles. The van der Waals surface area contributed by atoms with Crippen molar-refractivity contribution in [3.8, 4) is 0 Å². The van der Waals surface area contributed by atoms with Gasteiger partial charge in [-0.25, -0.2) is 0 Å². The Labute approximate surface area is 205 Å². The fourth-order valence-corrected chi connectivity index (χ4v) is 5.45. The van der Waals surface area contributed by atoms with Gasteiger partial charge in [0, 0.05) is 41.6 Å². The van der Waals surface area contributed by atoms with Gasteiger partial charge in [0.1, 0.15) is 5.41 Å². The van der Waals surface area contributed by atoms with E-state index >= 15 is 0 Å². The number of carbonyl (C=O) groups excluding carboxylic acids is 2. The maximum Gasteiger partial charge on any atom is 0.290 e. The Morgan fingerprint density at radius 3 is 2.53 bits per heavy atom. The number of aromatic nitrogens is 2. The Bertz CT molecular complexity index is 1530. The molecule has 2 aliphatic rings. The minimum absolute atomic E-state index is 0.112. The van der Waals surface area contributed by atoms with E-state index in [9.17, 15) is 14.4 Å². The first kappa shape index (κ1) is 23.0. The molecule has 2 aromatic carbocycles. The van der Waals surface area contributed by atoms with Crippen LogP contribution in [0.15, 0.2) is 84.0 Å². The van der Waals surface area contributed by atoms with Gasteiger partial charge in [0.25, 0.3) is 17.9 Å². The molecule has 2 aliphatic heterocycles. The lowest BCUT2D eigenvalue weighted by atomic mass is 9.73. The molecule has 4 aromatic rings. The molecular weight excluding hydrogens is 460 g/mol. The summed E-state index contributed by atoms with van der Waals surface area (Å²) in [7, 11) is 0. The molecule has 2 atom stereocenters. The molecule has 6 rings (SSSR count). The topological polar surface area (TPSA) is 132 Å². The van der Waals surface area contributed by atoms with Crippen molar-refractivity contribution in [2.75, 3.05) is 11.9 Å². The van der Waals surface area contributed by atoms with Crippen molar-refractivity contribution >= 4 is 34.7 Å². The van der Waals surface area contributed by atoms with Gasteiger partial charge in [0.05, 0.1) is 11.6 Å². The van der Waals surface area contributed by atoms with Gasteiger partial charge >= 0.3 is 0 Å². The number of hydrogen-bond donors (Lipinski definition) is 3. The van der Waals surface area contributed by atoms with Crippen LogP contribution in [0.3, 0.4) is 0 Å². The number of fused-ring (bicyclic) bond motifs is 3. The Balaban J connectivity index is 0.000000848. The largest absolute Gasteiger partial charge is 0.483 e. The number of hydrogen-bond acceptors (Lipinski definition) is 5. The second-order valence-electron chi connectivity index (χ2n) is 8.59. The van der Waals surface area contributed by atoms with Crippen molar-refractivity contribution in [2.45, 2.75) is 17.9 Å². The van der Waals surface area contributed by atoms with Crippen LogP contribution in [0.2, 0.25) is 0 Å². The number of nitrogens with one attached hydrogen (secondary N) is 2. The molecule has 2 unspecified atom stereocenters. The molecule has 0 radical (unpaired) electrons. The monoisotopic (exact) mass is 482 g/mol. The van der Waals surface area contributed by atoms with Gasteiger partial charge in [-0.2, -0.15) is 0 Å². The van der Waals surface area contributed by atoms with Crippen LogP contribution < -0.4 is 10.9 Å². The van der Waals surface area contributed by atoms with Crippen LogP contribution >= 0.6 is 0 Å². The predicted molar refractivity (Wildman–Crippen MR) is 133 cm³/mol. The molecule has 2 aromatic heterocycles. The Kier molecular flexibility index (Phi) is 5.81. The summed E-state index contributed by atoms with van der Waals surface area (Å²) < 4.78 is 0. The quantitative estimate of drug-likeness (QED) is 0.376. The average Bonchev–Trinajstić information content (AvgIpc) is 3.44. The molecule has 0 aliphatic carbocycles. The number of nitrogens with zero attached hydrogens (tertiary/aromatic N) is 2. The number of rotatable bonds is 2. The van der Waals surface area contributed by atoms with E-state index in [1.807, 2.05) is 42.5 Å². The summed E-state index contributed by atoms with van der Waals surface area (Å²) in [5, 5.41) is 11.0.